The largest absolute Gasteiger partial charge is 0.508 e. The summed E-state index contributed by atoms with van der Waals surface area (Å²) in [6, 6.07) is 3.15. The van der Waals surface area contributed by atoms with E-state index in [1.165, 1.54) is 6.07 Å². The lowest BCUT2D eigenvalue weighted by molar-refractivity contribution is -0.143. The van der Waals surface area contributed by atoms with Gasteiger partial charge in [0.1, 0.15) is 11.5 Å². The van der Waals surface area contributed by atoms with Crippen LogP contribution < -0.4 is 4.74 Å². The van der Waals surface area contributed by atoms with E-state index in [4.69, 9.17) is 4.74 Å². The van der Waals surface area contributed by atoms with Gasteiger partial charge >= 0.3 is 5.97 Å². The Labute approximate surface area is 96.1 Å². The normalized spacial score (nSPS) is 11.3. The molecule has 0 spiro atoms. The number of benzene rings is 1. The molecule has 0 saturated heterocycles. The maximum atomic E-state index is 11.7. The second-order valence-electron chi connectivity index (χ2n) is 4.97. The van der Waals surface area contributed by atoms with Crippen molar-refractivity contribution in [2.24, 2.45) is 5.41 Å². The van der Waals surface area contributed by atoms with E-state index in [0.717, 1.165) is 11.1 Å². The van der Waals surface area contributed by atoms with Crippen molar-refractivity contribution < 1.29 is 14.6 Å². The molecule has 0 saturated carbocycles. The Balaban J connectivity index is 3.00. The molecule has 0 fully saturated rings. The Morgan fingerprint density at radius 3 is 2.25 bits per heavy atom. The van der Waals surface area contributed by atoms with Gasteiger partial charge in [0.2, 0.25) is 0 Å². The van der Waals surface area contributed by atoms with Gasteiger partial charge in [-0.15, -0.1) is 0 Å². The van der Waals surface area contributed by atoms with Crippen LogP contribution in [-0.4, -0.2) is 11.1 Å². The summed E-state index contributed by atoms with van der Waals surface area (Å²) in [5, 5.41) is 9.48. The maximum Gasteiger partial charge on any atom is 0.316 e. The average Bonchev–Trinajstić information content (AvgIpc) is 2.17. The second-order valence-corrected chi connectivity index (χ2v) is 4.97. The monoisotopic (exact) mass is 222 g/mol. The first-order valence-electron chi connectivity index (χ1n) is 5.25. The summed E-state index contributed by atoms with van der Waals surface area (Å²) in [5.74, 6) is 0.448. The molecule has 0 aliphatic heterocycles. The molecule has 0 heterocycles. The van der Waals surface area contributed by atoms with Crippen LogP contribution in [-0.2, 0) is 4.79 Å². The SMILES string of the molecule is Cc1c(O)ccc(OC(=O)C(C)(C)C)c1C. The van der Waals surface area contributed by atoms with Gasteiger partial charge in [-0.25, -0.2) is 0 Å². The molecule has 0 radical (unpaired) electrons. The predicted octanol–water partition coefficient (Wildman–Crippen LogP) is 2.96. The third-order valence-corrected chi connectivity index (χ3v) is 2.52. The van der Waals surface area contributed by atoms with E-state index in [9.17, 15) is 9.90 Å². The Bertz CT molecular complexity index is 414. The van der Waals surface area contributed by atoms with Gasteiger partial charge < -0.3 is 9.84 Å². The standard InChI is InChI=1S/C13H18O3/c1-8-9(2)11(7-6-10(8)14)16-12(15)13(3,4)5/h6-7,14H,1-5H3. The zero-order chi connectivity index (χ0) is 12.5. The minimum absolute atomic E-state index is 0.216. The Hall–Kier alpha value is -1.51. The van der Waals surface area contributed by atoms with E-state index in [-0.39, 0.29) is 11.7 Å². The van der Waals surface area contributed by atoms with Crippen molar-refractivity contribution in [3.05, 3.63) is 23.3 Å². The minimum Gasteiger partial charge on any atom is -0.508 e. The highest BCUT2D eigenvalue weighted by atomic mass is 16.5. The number of phenolic OH excluding ortho intramolecular Hbond substituents is 1. The van der Waals surface area contributed by atoms with Crippen LogP contribution in [0.15, 0.2) is 12.1 Å². The van der Waals surface area contributed by atoms with Gasteiger partial charge in [0.05, 0.1) is 5.41 Å². The molecule has 3 heteroatoms. The summed E-state index contributed by atoms with van der Waals surface area (Å²) in [6.45, 7) is 9.02. The highest BCUT2D eigenvalue weighted by Gasteiger charge is 2.24. The van der Waals surface area contributed by atoms with Gasteiger partial charge in [0.25, 0.3) is 0 Å². The molecule has 3 nitrogen and oxygen atoms in total. The molecule has 1 rings (SSSR count). The first kappa shape index (κ1) is 12.6. The average molecular weight is 222 g/mol. The van der Waals surface area contributed by atoms with E-state index in [1.807, 2.05) is 6.92 Å². The predicted molar refractivity (Wildman–Crippen MR) is 62.7 cm³/mol. The van der Waals surface area contributed by atoms with E-state index >= 15 is 0 Å². The number of rotatable bonds is 1. The summed E-state index contributed by atoms with van der Waals surface area (Å²) >= 11 is 0. The van der Waals surface area contributed by atoms with Gasteiger partial charge in [-0.1, -0.05) is 0 Å². The summed E-state index contributed by atoms with van der Waals surface area (Å²) < 4.78 is 5.30. The van der Waals surface area contributed by atoms with Crippen LogP contribution in [0.3, 0.4) is 0 Å². The smallest absolute Gasteiger partial charge is 0.316 e. The summed E-state index contributed by atoms with van der Waals surface area (Å²) in [5.41, 5.74) is 0.995. The van der Waals surface area contributed by atoms with Crippen LogP contribution in [0.1, 0.15) is 31.9 Å². The molecule has 0 aromatic heterocycles. The molecule has 0 atom stereocenters. The molecule has 0 amide bonds. The molecular weight excluding hydrogens is 204 g/mol. The maximum absolute atomic E-state index is 11.7. The van der Waals surface area contributed by atoms with Crippen molar-refractivity contribution in [2.45, 2.75) is 34.6 Å². The zero-order valence-corrected chi connectivity index (χ0v) is 10.4. The molecule has 1 aromatic rings. The molecule has 16 heavy (non-hydrogen) atoms. The number of ether oxygens (including phenoxy) is 1. The second kappa shape index (κ2) is 4.16. The third-order valence-electron chi connectivity index (χ3n) is 2.52. The van der Waals surface area contributed by atoms with Crippen LogP contribution in [0, 0.1) is 19.3 Å². The zero-order valence-electron chi connectivity index (χ0n) is 10.4. The van der Waals surface area contributed by atoms with Crippen LogP contribution >= 0.6 is 0 Å². The number of carbonyl (C=O) groups excluding carboxylic acids is 1. The van der Waals surface area contributed by atoms with Crippen molar-refractivity contribution in [2.75, 3.05) is 0 Å². The number of aromatic hydroxyl groups is 1. The minimum atomic E-state index is -0.530. The van der Waals surface area contributed by atoms with Crippen molar-refractivity contribution >= 4 is 5.97 Å². The van der Waals surface area contributed by atoms with Crippen LogP contribution in [0.25, 0.3) is 0 Å². The Kier molecular flexibility index (Phi) is 3.27. The highest BCUT2D eigenvalue weighted by molar-refractivity contribution is 5.78. The molecule has 0 aliphatic rings. The molecule has 0 unspecified atom stereocenters. The molecular formula is C13H18O3. The van der Waals surface area contributed by atoms with E-state index in [1.54, 1.807) is 33.8 Å². The Morgan fingerprint density at radius 1 is 1.19 bits per heavy atom. The highest BCUT2D eigenvalue weighted by Crippen LogP contribution is 2.29. The fraction of sp³-hybridized carbons (Fsp3) is 0.462. The van der Waals surface area contributed by atoms with Crippen LogP contribution in [0.4, 0.5) is 0 Å². The topological polar surface area (TPSA) is 46.5 Å². The van der Waals surface area contributed by atoms with Crippen molar-refractivity contribution in [3.8, 4) is 11.5 Å². The summed E-state index contributed by atoms with van der Waals surface area (Å²) in [7, 11) is 0. The van der Waals surface area contributed by atoms with Gasteiger partial charge in [-0.05, 0) is 57.9 Å². The molecule has 88 valence electrons. The summed E-state index contributed by atoms with van der Waals surface area (Å²) in [4.78, 5) is 11.7. The van der Waals surface area contributed by atoms with Crippen molar-refractivity contribution in [1.82, 2.24) is 0 Å². The number of esters is 1. The molecule has 0 bridgehead atoms. The number of carbonyl (C=O) groups is 1. The van der Waals surface area contributed by atoms with Gasteiger partial charge in [-0.2, -0.15) is 0 Å². The first-order valence-corrected chi connectivity index (χ1v) is 5.25. The lowest BCUT2D eigenvalue weighted by atomic mass is 9.97. The first-order chi connectivity index (χ1) is 7.23. The van der Waals surface area contributed by atoms with Crippen molar-refractivity contribution in [1.29, 1.82) is 0 Å². The number of hydrogen-bond donors (Lipinski definition) is 1. The van der Waals surface area contributed by atoms with Crippen LogP contribution in [0.5, 0.6) is 11.5 Å². The van der Waals surface area contributed by atoms with Crippen LogP contribution in [0.2, 0.25) is 0 Å². The molecule has 1 aromatic carbocycles. The fourth-order valence-corrected chi connectivity index (χ4v) is 1.15. The lowest BCUT2D eigenvalue weighted by Crippen LogP contribution is -2.25. The number of phenols is 1. The number of hydrogen-bond acceptors (Lipinski definition) is 3. The van der Waals surface area contributed by atoms with E-state index in [0.29, 0.717) is 5.75 Å². The quantitative estimate of drug-likeness (QED) is 0.587. The van der Waals surface area contributed by atoms with Crippen molar-refractivity contribution in [3.63, 3.8) is 0 Å². The van der Waals surface area contributed by atoms with E-state index in [2.05, 4.69) is 0 Å². The van der Waals surface area contributed by atoms with Gasteiger partial charge in [0.15, 0.2) is 0 Å². The van der Waals surface area contributed by atoms with Gasteiger partial charge in [0, 0.05) is 0 Å². The summed E-state index contributed by atoms with van der Waals surface area (Å²) in [6.07, 6.45) is 0. The molecule has 1 N–H and O–H groups in total. The Morgan fingerprint density at radius 2 is 1.75 bits per heavy atom. The van der Waals surface area contributed by atoms with E-state index < -0.39 is 5.41 Å². The fourth-order valence-electron chi connectivity index (χ4n) is 1.15. The lowest BCUT2D eigenvalue weighted by Gasteiger charge is -2.18. The van der Waals surface area contributed by atoms with Gasteiger partial charge in [-0.3, -0.25) is 4.79 Å². The molecule has 0 aliphatic carbocycles. The third kappa shape index (κ3) is 2.54.